The molecule has 0 radical (unpaired) electrons. The van der Waals surface area contributed by atoms with Crippen LogP contribution in [0.4, 0.5) is 0 Å². The van der Waals surface area contributed by atoms with Crippen molar-refractivity contribution in [3.8, 4) is 0 Å². The first-order valence-corrected chi connectivity index (χ1v) is 7.49. The molecule has 0 spiro atoms. The van der Waals surface area contributed by atoms with E-state index >= 15 is 0 Å². The van der Waals surface area contributed by atoms with Crippen LogP contribution in [0, 0.1) is 5.41 Å². The molecule has 6 nitrogen and oxygen atoms in total. The molecule has 0 heterocycles. The van der Waals surface area contributed by atoms with Gasteiger partial charge in [0.15, 0.2) is 0 Å². The summed E-state index contributed by atoms with van der Waals surface area (Å²) in [6, 6.07) is 5.79. The molecule has 0 aliphatic heterocycles. The Kier molecular flexibility index (Phi) is 6.30. The van der Waals surface area contributed by atoms with Crippen LogP contribution < -0.4 is 10.6 Å². The Hall–Kier alpha value is -2.37. The summed E-state index contributed by atoms with van der Waals surface area (Å²) in [6.45, 7) is 8.26. The second-order valence-corrected chi connectivity index (χ2v) is 6.79. The molecule has 1 unspecified atom stereocenters. The highest BCUT2D eigenvalue weighted by atomic mass is 16.4. The van der Waals surface area contributed by atoms with Crippen molar-refractivity contribution in [3.63, 3.8) is 0 Å². The molecule has 23 heavy (non-hydrogen) atoms. The third kappa shape index (κ3) is 6.95. The van der Waals surface area contributed by atoms with E-state index in [9.17, 15) is 14.4 Å². The van der Waals surface area contributed by atoms with Gasteiger partial charge in [-0.25, -0.2) is 0 Å². The molecule has 0 bridgehead atoms. The van der Waals surface area contributed by atoms with Crippen LogP contribution in [0.2, 0.25) is 0 Å². The molecule has 126 valence electrons. The van der Waals surface area contributed by atoms with E-state index in [0.717, 1.165) is 0 Å². The second kappa shape index (κ2) is 7.76. The SMILES string of the molecule is CC(CC(=O)O)NC(=O)c1ccc(C(=O)NCC(C)(C)C)cc1. The summed E-state index contributed by atoms with van der Waals surface area (Å²) < 4.78 is 0. The minimum Gasteiger partial charge on any atom is -0.481 e. The van der Waals surface area contributed by atoms with Crippen molar-refractivity contribution in [1.82, 2.24) is 10.6 Å². The van der Waals surface area contributed by atoms with Crippen molar-refractivity contribution in [1.29, 1.82) is 0 Å². The van der Waals surface area contributed by atoms with Gasteiger partial charge >= 0.3 is 5.97 Å². The zero-order chi connectivity index (χ0) is 17.6. The van der Waals surface area contributed by atoms with Crippen LogP contribution in [0.3, 0.4) is 0 Å². The lowest BCUT2D eigenvalue weighted by molar-refractivity contribution is -0.137. The summed E-state index contributed by atoms with van der Waals surface area (Å²) in [5.74, 6) is -1.52. The van der Waals surface area contributed by atoms with Gasteiger partial charge in [0.25, 0.3) is 11.8 Å². The smallest absolute Gasteiger partial charge is 0.305 e. The topological polar surface area (TPSA) is 95.5 Å². The van der Waals surface area contributed by atoms with Gasteiger partial charge in [-0.2, -0.15) is 0 Å². The van der Waals surface area contributed by atoms with Gasteiger partial charge in [0.05, 0.1) is 6.42 Å². The molecule has 0 saturated carbocycles. The van der Waals surface area contributed by atoms with Crippen molar-refractivity contribution < 1.29 is 19.5 Å². The predicted octanol–water partition coefficient (Wildman–Crippen LogP) is 2.06. The predicted molar refractivity (Wildman–Crippen MR) is 87.4 cm³/mol. The fourth-order valence-corrected chi connectivity index (χ4v) is 1.84. The maximum Gasteiger partial charge on any atom is 0.305 e. The molecule has 0 aromatic heterocycles. The van der Waals surface area contributed by atoms with Gasteiger partial charge in [-0.15, -0.1) is 0 Å². The summed E-state index contributed by atoms with van der Waals surface area (Å²) in [4.78, 5) is 34.5. The fraction of sp³-hybridized carbons (Fsp3) is 0.471. The van der Waals surface area contributed by atoms with Gasteiger partial charge in [-0.3, -0.25) is 14.4 Å². The van der Waals surface area contributed by atoms with Gasteiger partial charge in [0, 0.05) is 23.7 Å². The van der Waals surface area contributed by atoms with Crippen molar-refractivity contribution in [2.45, 2.75) is 40.2 Å². The molecule has 1 rings (SSSR count). The van der Waals surface area contributed by atoms with E-state index in [4.69, 9.17) is 5.11 Å². The highest BCUT2D eigenvalue weighted by molar-refractivity contribution is 5.98. The monoisotopic (exact) mass is 320 g/mol. The minimum atomic E-state index is -0.969. The largest absolute Gasteiger partial charge is 0.481 e. The normalized spacial score (nSPS) is 12.3. The highest BCUT2D eigenvalue weighted by Crippen LogP contribution is 2.11. The first-order chi connectivity index (χ1) is 10.6. The Morgan fingerprint density at radius 3 is 1.96 bits per heavy atom. The van der Waals surface area contributed by atoms with Crippen molar-refractivity contribution in [2.75, 3.05) is 6.54 Å². The summed E-state index contributed by atoms with van der Waals surface area (Å²) in [6.07, 6.45) is -0.140. The number of carbonyl (C=O) groups excluding carboxylic acids is 2. The average molecular weight is 320 g/mol. The molecule has 2 amide bonds. The zero-order valence-corrected chi connectivity index (χ0v) is 14.0. The summed E-state index contributed by atoms with van der Waals surface area (Å²) in [5.41, 5.74) is 0.856. The number of carboxylic acid groups (broad SMARTS) is 1. The lowest BCUT2D eigenvalue weighted by Crippen LogP contribution is -2.34. The first-order valence-electron chi connectivity index (χ1n) is 7.49. The van der Waals surface area contributed by atoms with E-state index in [0.29, 0.717) is 17.7 Å². The number of amides is 2. The number of aliphatic carboxylic acids is 1. The van der Waals surface area contributed by atoms with Crippen molar-refractivity contribution in [3.05, 3.63) is 35.4 Å². The Morgan fingerprint density at radius 2 is 1.52 bits per heavy atom. The maximum absolute atomic E-state index is 12.0. The van der Waals surface area contributed by atoms with Crippen LogP contribution in [0.15, 0.2) is 24.3 Å². The molecule has 0 aliphatic carbocycles. The lowest BCUT2D eigenvalue weighted by atomic mass is 9.97. The van der Waals surface area contributed by atoms with Crippen LogP contribution in [-0.4, -0.2) is 35.5 Å². The van der Waals surface area contributed by atoms with Crippen LogP contribution in [0.25, 0.3) is 0 Å². The van der Waals surface area contributed by atoms with Gasteiger partial charge in [0.1, 0.15) is 0 Å². The van der Waals surface area contributed by atoms with E-state index in [1.54, 1.807) is 31.2 Å². The van der Waals surface area contributed by atoms with E-state index in [-0.39, 0.29) is 23.7 Å². The molecular formula is C17H24N2O4. The zero-order valence-electron chi connectivity index (χ0n) is 14.0. The number of rotatable bonds is 6. The molecule has 1 aromatic carbocycles. The number of carboxylic acids is 1. The molecule has 1 aromatic rings. The average Bonchev–Trinajstić information content (AvgIpc) is 2.43. The standard InChI is InChI=1S/C17H24N2O4/c1-11(9-14(20)21)19-16(23)13-7-5-12(6-8-13)15(22)18-10-17(2,3)4/h5-8,11H,9-10H2,1-4H3,(H,18,22)(H,19,23)(H,20,21). The second-order valence-electron chi connectivity index (χ2n) is 6.79. The van der Waals surface area contributed by atoms with Gasteiger partial charge in [0.2, 0.25) is 0 Å². The molecule has 0 aliphatic rings. The quantitative estimate of drug-likeness (QED) is 0.747. The highest BCUT2D eigenvalue weighted by Gasteiger charge is 2.15. The number of carbonyl (C=O) groups is 3. The molecule has 3 N–H and O–H groups in total. The number of hydrogen-bond acceptors (Lipinski definition) is 3. The van der Waals surface area contributed by atoms with Gasteiger partial charge in [-0.05, 0) is 36.6 Å². The molecule has 0 saturated heterocycles. The fourth-order valence-electron chi connectivity index (χ4n) is 1.84. The van der Waals surface area contributed by atoms with Crippen LogP contribution >= 0.6 is 0 Å². The Labute approximate surface area is 136 Å². The summed E-state index contributed by atoms with van der Waals surface area (Å²) in [5, 5.41) is 14.1. The number of nitrogens with one attached hydrogen (secondary N) is 2. The van der Waals surface area contributed by atoms with E-state index in [1.165, 1.54) is 0 Å². The van der Waals surface area contributed by atoms with E-state index in [1.807, 2.05) is 20.8 Å². The van der Waals surface area contributed by atoms with Crippen LogP contribution in [0.5, 0.6) is 0 Å². The van der Waals surface area contributed by atoms with Crippen molar-refractivity contribution >= 4 is 17.8 Å². The first kappa shape index (κ1) is 18.7. The molecule has 0 fully saturated rings. The maximum atomic E-state index is 12.0. The number of benzene rings is 1. The Bertz CT molecular complexity index is 573. The third-order valence-corrected chi connectivity index (χ3v) is 3.05. The summed E-state index contributed by atoms with van der Waals surface area (Å²) in [7, 11) is 0. The van der Waals surface area contributed by atoms with Gasteiger partial charge < -0.3 is 15.7 Å². The summed E-state index contributed by atoms with van der Waals surface area (Å²) >= 11 is 0. The number of hydrogen-bond donors (Lipinski definition) is 3. The Balaban J connectivity index is 2.63. The molecule has 1 atom stereocenters. The molecule has 6 heteroatoms. The van der Waals surface area contributed by atoms with Gasteiger partial charge in [-0.1, -0.05) is 20.8 Å². The van der Waals surface area contributed by atoms with E-state index in [2.05, 4.69) is 10.6 Å². The minimum absolute atomic E-state index is 0.00420. The molecular weight excluding hydrogens is 296 g/mol. The lowest BCUT2D eigenvalue weighted by Gasteiger charge is -2.18. The van der Waals surface area contributed by atoms with Crippen molar-refractivity contribution in [2.24, 2.45) is 5.41 Å². The van der Waals surface area contributed by atoms with E-state index < -0.39 is 12.0 Å². The Morgan fingerprint density at radius 1 is 1.04 bits per heavy atom. The van der Waals surface area contributed by atoms with Crippen LogP contribution in [-0.2, 0) is 4.79 Å². The third-order valence-electron chi connectivity index (χ3n) is 3.05. The van der Waals surface area contributed by atoms with Crippen LogP contribution in [0.1, 0.15) is 54.8 Å².